The summed E-state index contributed by atoms with van der Waals surface area (Å²) in [6.45, 7) is 0. The van der Waals surface area contributed by atoms with Crippen LogP contribution in [0.3, 0.4) is 0 Å². The Labute approximate surface area is 148 Å². The Morgan fingerprint density at radius 2 is 2.26 bits per heavy atom. The zero-order valence-electron chi connectivity index (χ0n) is 12.6. The lowest BCUT2D eigenvalue weighted by Crippen LogP contribution is -2.35. The average Bonchev–Trinajstić information content (AvgIpc) is 2.53. The molecule has 0 radical (unpaired) electrons. The van der Waals surface area contributed by atoms with E-state index in [-0.39, 0.29) is 11.2 Å². The number of carbonyl (C=O) groups is 2. The first kappa shape index (κ1) is 18.3. The Balaban J connectivity index is 2.04. The fourth-order valence-corrected chi connectivity index (χ4v) is 5.18. The van der Waals surface area contributed by atoms with Gasteiger partial charge in [-0.3, -0.25) is 4.79 Å². The number of ether oxygens (including phenoxy) is 1. The van der Waals surface area contributed by atoms with Crippen LogP contribution < -0.4 is 10.1 Å². The van der Waals surface area contributed by atoms with Gasteiger partial charge in [0.25, 0.3) is 0 Å². The van der Waals surface area contributed by atoms with E-state index in [9.17, 15) is 14.7 Å². The molecule has 1 amide bonds. The van der Waals surface area contributed by atoms with E-state index in [1.807, 2.05) is 11.8 Å². The molecule has 2 N–H and O–H groups in total. The molecular weight excluding hydrogens is 358 g/mol. The van der Waals surface area contributed by atoms with Crippen molar-refractivity contribution in [1.82, 2.24) is 5.32 Å². The van der Waals surface area contributed by atoms with Crippen molar-refractivity contribution in [3.05, 3.63) is 28.8 Å². The van der Waals surface area contributed by atoms with E-state index in [0.717, 1.165) is 17.3 Å². The van der Waals surface area contributed by atoms with Gasteiger partial charge in [-0.2, -0.15) is 23.5 Å². The van der Waals surface area contributed by atoms with Crippen molar-refractivity contribution in [3.63, 3.8) is 0 Å². The van der Waals surface area contributed by atoms with Gasteiger partial charge in [0, 0.05) is 28.9 Å². The molecule has 0 aliphatic carbocycles. The third-order valence-corrected chi connectivity index (χ3v) is 6.50. The SMILES string of the molecule is COc1ccc(C(NC(=O)CC2CSCCS2)C(=O)O)cc1Cl. The number of carboxylic acid groups (broad SMARTS) is 1. The number of thioether (sulfide) groups is 2. The first-order valence-electron chi connectivity index (χ1n) is 7.06. The largest absolute Gasteiger partial charge is 0.495 e. The number of carbonyl (C=O) groups excluding carboxylic acids is 1. The average molecular weight is 376 g/mol. The maximum Gasteiger partial charge on any atom is 0.330 e. The first-order valence-corrected chi connectivity index (χ1v) is 9.64. The molecule has 1 heterocycles. The summed E-state index contributed by atoms with van der Waals surface area (Å²) in [6.07, 6.45) is 0.325. The molecule has 0 bridgehead atoms. The van der Waals surface area contributed by atoms with Crippen LogP contribution in [0, 0.1) is 0 Å². The van der Waals surface area contributed by atoms with Crippen LogP contribution in [0.4, 0.5) is 0 Å². The molecule has 1 fully saturated rings. The monoisotopic (exact) mass is 375 g/mol. The Bertz CT molecular complexity index is 579. The lowest BCUT2D eigenvalue weighted by atomic mass is 10.1. The molecule has 1 saturated heterocycles. The van der Waals surface area contributed by atoms with Gasteiger partial charge >= 0.3 is 5.97 Å². The fourth-order valence-electron chi connectivity index (χ4n) is 2.23. The molecule has 1 aromatic rings. The predicted octanol–water partition coefficient (Wildman–Crippen LogP) is 2.83. The summed E-state index contributed by atoms with van der Waals surface area (Å²) in [5.41, 5.74) is 0.419. The van der Waals surface area contributed by atoms with Gasteiger partial charge in [-0.1, -0.05) is 17.7 Å². The molecule has 2 rings (SSSR count). The summed E-state index contributed by atoms with van der Waals surface area (Å²) >= 11 is 9.62. The minimum Gasteiger partial charge on any atom is -0.495 e. The van der Waals surface area contributed by atoms with Crippen molar-refractivity contribution in [3.8, 4) is 5.75 Å². The normalized spacial score (nSPS) is 19.0. The Morgan fingerprint density at radius 3 is 2.83 bits per heavy atom. The first-order chi connectivity index (χ1) is 11.0. The van der Waals surface area contributed by atoms with Crippen molar-refractivity contribution < 1.29 is 19.4 Å². The van der Waals surface area contributed by atoms with Crippen molar-refractivity contribution >= 4 is 47.0 Å². The van der Waals surface area contributed by atoms with E-state index in [2.05, 4.69) is 5.32 Å². The summed E-state index contributed by atoms with van der Waals surface area (Å²) in [4.78, 5) is 23.6. The van der Waals surface area contributed by atoms with Crippen molar-refractivity contribution in [1.29, 1.82) is 0 Å². The van der Waals surface area contributed by atoms with E-state index >= 15 is 0 Å². The highest BCUT2D eigenvalue weighted by Gasteiger charge is 2.25. The summed E-state index contributed by atoms with van der Waals surface area (Å²) < 4.78 is 5.05. The summed E-state index contributed by atoms with van der Waals surface area (Å²) in [6, 6.07) is 3.57. The van der Waals surface area contributed by atoms with Crippen molar-refractivity contribution in [2.45, 2.75) is 17.7 Å². The number of rotatable bonds is 6. The van der Waals surface area contributed by atoms with Gasteiger partial charge in [-0.15, -0.1) is 0 Å². The van der Waals surface area contributed by atoms with E-state index in [0.29, 0.717) is 22.8 Å². The van der Waals surface area contributed by atoms with Gasteiger partial charge in [0.2, 0.25) is 5.91 Å². The third-order valence-electron chi connectivity index (χ3n) is 3.36. The second-order valence-corrected chi connectivity index (χ2v) is 7.97. The van der Waals surface area contributed by atoms with Crippen LogP contribution in [-0.4, -0.2) is 46.6 Å². The quantitative estimate of drug-likeness (QED) is 0.796. The maximum absolute atomic E-state index is 12.2. The minimum absolute atomic E-state index is 0.239. The molecule has 126 valence electrons. The highest BCUT2D eigenvalue weighted by molar-refractivity contribution is 8.06. The number of carboxylic acids is 1. The highest BCUT2D eigenvalue weighted by atomic mass is 35.5. The molecule has 0 saturated carbocycles. The molecule has 2 atom stereocenters. The Morgan fingerprint density at radius 1 is 1.48 bits per heavy atom. The number of methoxy groups -OCH3 is 1. The number of benzene rings is 1. The van der Waals surface area contributed by atoms with Crippen molar-refractivity contribution in [2.75, 3.05) is 24.4 Å². The van der Waals surface area contributed by atoms with Crippen LogP contribution in [0.5, 0.6) is 5.75 Å². The number of aliphatic carboxylic acids is 1. The number of hydrogen-bond donors (Lipinski definition) is 2. The van der Waals surface area contributed by atoms with Crippen LogP contribution >= 0.6 is 35.1 Å². The molecule has 0 aromatic heterocycles. The van der Waals surface area contributed by atoms with Crippen LogP contribution in [0.2, 0.25) is 5.02 Å². The molecule has 5 nitrogen and oxygen atoms in total. The van der Waals surface area contributed by atoms with Crippen LogP contribution in [0.25, 0.3) is 0 Å². The molecule has 23 heavy (non-hydrogen) atoms. The second kappa shape index (κ2) is 8.70. The number of hydrogen-bond acceptors (Lipinski definition) is 5. The molecule has 0 spiro atoms. The molecule has 2 unspecified atom stereocenters. The van der Waals surface area contributed by atoms with Gasteiger partial charge in [-0.25, -0.2) is 4.79 Å². The van der Waals surface area contributed by atoms with Crippen LogP contribution in [0.15, 0.2) is 18.2 Å². The predicted molar refractivity (Wildman–Crippen MR) is 94.7 cm³/mol. The molecule has 8 heteroatoms. The number of halogens is 1. The van der Waals surface area contributed by atoms with Gasteiger partial charge < -0.3 is 15.2 Å². The van der Waals surface area contributed by atoms with E-state index in [1.165, 1.54) is 13.2 Å². The third kappa shape index (κ3) is 5.22. The van der Waals surface area contributed by atoms with E-state index in [4.69, 9.17) is 16.3 Å². The van der Waals surface area contributed by atoms with Gasteiger partial charge in [0.05, 0.1) is 12.1 Å². The molecule has 1 aliphatic heterocycles. The molecular formula is C15H18ClNO4S2. The van der Waals surface area contributed by atoms with E-state index < -0.39 is 12.0 Å². The second-order valence-electron chi connectivity index (χ2n) is 5.00. The Kier molecular flexibility index (Phi) is 6.92. The highest BCUT2D eigenvalue weighted by Crippen LogP contribution is 2.29. The van der Waals surface area contributed by atoms with Gasteiger partial charge in [0.1, 0.15) is 5.75 Å². The lowest BCUT2D eigenvalue weighted by molar-refractivity contribution is -0.142. The number of amides is 1. The van der Waals surface area contributed by atoms with Gasteiger partial charge in [-0.05, 0) is 17.7 Å². The number of nitrogens with one attached hydrogen (secondary N) is 1. The zero-order valence-corrected chi connectivity index (χ0v) is 15.0. The lowest BCUT2D eigenvalue weighted by Gasteiger charge is -2.22. The zero-order chi connectivity index (χ0) is 16.8. The van der Waals surface area contributed by atoms with Gasteiger partial charge in [0.15, 0.2) is 6.04 Å². The molecule has 1 aromatic carbocycles. The summed E-state index contributed by atoms with van der Waals surface area (Å²) in [5.74, 6) is 2.13. The minimum atomic E-state index is -1.12. The van der Waals surface area contributed by atoms with Crippen LogP contribution in [-0.2, 0) is 9.59 Å². The standard InChI is InChI=1S/C15H18ClNO4S2/c1-21-12-3-2-9(6-11(12)16)14(15(19)20)17-13(18)7-10-8-22-4-5-23-10/h2-3,6,10,14H,4-5,7-8H2,1H3,(H,17,18)(H,19,20). The molecule has 1 aliphatic rings. The maximum atomic E-state index is 12.2. The van der Waals surface area contributed by atoms with Crippen molar-refractivity contribution in [2.24, 2.45) is 0 Å². The fraction of sp³-hybridized carbons (Fsp3) is 0.467. The topological polar surface area (TPSA) is 75.6 Å². The Hall–Kier alpha value is -1.05. The van der Waals surface area contributed by atoms with Crippen LogP contribution in [0.1, 0.15) is 18.0 Å². The summed E-state index contributed by atoms with van der Waals surface area (Å²) in [5, 5.41) is 12.5. The van der Waals surface area contributed by atoms with E-state index in [1.54, 1.807) is 23.9 Å². The summed E-state index contributed by atoms with van der Waals surface area (Å²) in [7, 11) is 1.48. The smallest absolute Gasteiger partial charge is 0.330 e.